The lowest BCUT2D eigenvalue weighted by Gasteiger charge is -2.24. The van der Waals surface area contributed by atoms with Crippen LogP contribution in [0.2, 0.25) is 0 Å². The summed E-state index contributed by atoms with van der Waals surface area (Å²) in [5.41, 5.74) is 1.68. The first-order chi connectivity index (χ1) is 10.5. The summed E-state index contributed by atoms with van der Waals surface area (Å²) in [4.78, 5) is 22.5. The van der Waals surface area contributed by atoms with Gasteiger partial charge in [0, 0.05) is 42.2 Å². The maximum Gasteiger partial charge on any atom is 0.269 e. The minimum Gasteiger partial charge on any atom is -0.341 e. The van der Waals surface area contributed by atoms with Crippen molar-refractivity contribution in [3.8, 4) is 0 Å². The van der Waals surface area contributed by atoms with E-state index in [0.29, 0.717) is 6.54 Å². The molecule has 114 valence electrons. The summed E-state index contributed by atoms with van der Waals surface area (Å²) in [6.45, 7) is 2.72. The summed E-state index contributed by atoms with van der Waals surface area (Å²) in [5, 5.41) is 21.4. The summed E-state index contributed by atoms with van der Waals surface area (Å²) < 4.78 is 0. The van der Waals surface area contributed by atoms with E-state index < -0.39 is 9.85 Å². The fraction of sp³-hybridized carbons (Fsp3) is 0.200. The molecule has 7 heteroatoms. The first-order valence-electron chi connectivity index (χ1n) is 6.79. The first-order valence-corrected chi connectivity index (χ1v) is 6.79. The Kier molecular flexibility index (Phi) is 4.67. The molecule has 0 amide bonds. The number of hydrogen-bond donors (Lipinski definition) is 0. The zero-order chi connectivity index (χ0) is 16.1. The van der Waals surface area contributed by atoms with Crippen molar-refractivity contribution in [2.75, 3.05) is 11.4 Å². The van der Waals surface area contributed by atoms with Gasteiger partial charge in [0.25, 0.3) is 11.4 Å². The molecule has 0 aromatic heterocycles. The predicted molar refractivity (Wildman–Crippen MR) is 83.5 cm³/mol. The minimum atomic E-state index is -0.445. The molecule has 0 unspecified atom stereocenters. The lowest BCUT2D eigenvalue weighted by Crippen LogP contribution is -2.17. The van der Waals surface area contributed by atoms with E-state index >= 15 is 0 Å². The van der Waals surface area contributed by atoms with Crippen molar-refractivity contribution in [3.05, 3.63) is 68.8 Å². The molecule has 22 heavy (non-hydrogen) atoms. The van der Waals surface area contributed by atoms with E-state index in [-0.39, 0.29) is 11.4 Å². The Hall–Kier alpha value is -2.96. The van der Waals surface area contributed by atoms with Crippen molar-refractivity contribution >= 4 is 22.7 Å². The largest absolute Gasteiger partial charge is 0.341 e. The zero-order valence-corrected chi connectivity index (χ0v) is 12.0. The van der Waals surface area contributed by atoms with Crippen LogP contribution in [0.1, 0.15) is 13.3 Å². The van der Waals surface area contributed by atoms with Crippen molar-refractivity contribution in [2.24, 2.45) is 0 Å². The number of nitro groups is 2. The van der Waals surface area contributed by atoms with Gasteiger partial charge in [0.1, 0.15) is 0 Å². The van der Waals surface area contributed by atoms with E-state index in [1.54, 1.807) is 24.3 Å². The second-order valence-corrected chi connectivity index (χ2v) is 4.70. The van der Waals surface area contributed by atoms with E-state index in [0.717, 1.165) is 17.8 Å². The van der Waals surface area contributed by atoms with Crippen LogP contribution in [0.25, 0.3) is 0 Å². The van der Waals surface area contributed by atoms with Crippen LogP contribution in [0.5, 0.6) is 0 Å². The molecule has 0 aliphatic carbocycles. The van der Waals surface area contributed by atoms with Crippen LogP contribution in [0.15, 0.2) is 48.5 Å². The van der Waals surface area contributed by atoms with Crippen LogP contribution >= 0.6 is 0 Å². The van der Waals surface area contributed by atoms with Gasteiger partial charge in [-0.3, -0.25) is 20.2 Å². The average Bonchev–Trinajstić information content (AvgIpc) is 2.53. The number of nitrogens with zero attached hydrogens (tertiary/aromatic N) is 3. The van der Waals surface area contributed by atoms with Crippen molar-refractivity contribution in [1.82, 2.24) is 0 Å². The molecule has 0 atom stereocenters. The fourth-order valence-corrected chi connectivity index (χ4v) is 2.14. The highest BCUT2D eigenvalue weighted by molar-refractivity contribution is 5.65. The molecule has 0 radical (unpaired) electrons. The van der Waals surface area contributed by atoms with E-state index in [9.17, 15) is 20.2 Å². The monoisotopic (exact) mass is 301 g/mol. The zero-order valence-electron chi connectivity index (χ0n) is 12.0. The normalized spacial score (nSPS) is 10.2. The van der Waals surface area contributed by atoms with E-state index in [1.165, 1.54) is 24.3 Å². The Morgan fingerprint density at radius 1 is 0.818 bits per heavy atom. The Labute approximate surface area is 127 Å². The molecule has 0 spiro atoms. The average molecular weight is 301 g/mol. The summed E-state index contributed by atoms with van der Waals surface area (Å²) in [7, 11) is 0. The van der Waals surface area contributed by atoms with Crippen molar-refractivity contribution in [2.45, 2.75) is 13.3 Å². The molecule has 0 heterocycles. The molecule has 2 aromatic carbocycles. The number of rotatable bonds is 6. The van der Waals surface area contributed by atoms with Gasteiger partial charge in [0.2, 0.25) is 0 Å². The number of hydrogen-bond acceptors (Lipinski definition) is 5. The number of nitro benzene ring substituents is 2. The Balaban J connectivity index is 2.32. The second kappa shape index (κ2) is 6.66. The molecular weight excluding hydrogens is 286 g/mol. The Morgan fingerprint density at radius 3 is 1.45 bits per heavy atom. The minimum absolute atomic E-state index is 0.0314. The summed E-state index contributed by atoms with van der Waals surface area (Å²) in [6.07, 6.45) is 0.869. The highest BCUT2D eigenvalue weighted by Crippen LogP contribution is 2.28. The van der Waals surface area contributed by atoms with E-state index in [4.69, 9.17) is 0 Å². The molecule has 0 N–H and O–H groups in total. The van der Waals surface area contributed by atoms with Gasteiger partial charge in [-0.2, -0.15) is 0 Å². The van der Waals surface area contributed by atoms with Gasteiger partial charge in [0.05, 0.1) is 9.85 Å². The lowest BCUT2D eigenvalue weighted by atomic mass is 10.2. The third-order valence-electron chi connectivity index (χ3n) is 3.19. The maximum absolute atomic E-state index is 10.7. The molecule has 0 saturated heterocycles. The van der Waals surface area contributed by atoms with Gasteiger partial charge in [0.15, 0.2) is 0 Å². The van der Waals surface area contributed by atoms with Crippen molar-refractivity contribution < 1.29 is 9.85 Å². The second-order valence-electron chi connectivity index (χ2n) is 4.70. The molecule has 0 aliphatic heterocycles. The smallest absolute Gasteiger partial charge is 0.269 e. The van der Waals surface area contributed by atoms with E-state index in [1.807, 2.05) is 11.8 Å². The molecular formula is C15H15N3O4. The van der Waals surface area contributed by atoms with Crippen LogP contribution in [-0.2, 0) is 0 Å². The highest BCUT2D eigenvalue weighted by atomic mass is 16.6. The van der Waals surface area contributed by atoms with Gasteiger partial charge in [-0.1, -0.05) is 6.92 Å². The van der Waals surface area contributed by atoms with Gasteiger partial charge >= 0.3 is 0 Å². The number of benzene rings is 2. The molecule has 2 aromatic rings. The van der Waals surface area contributed by atoms with Crippen LogP contribution in [0, 0.1) is 20.2 Å². The Morgan fingerprint density at radius 2 is 1.18 bits per heavy atom. The van der Waals surface area contributed by atoms with Crippen LogP contribution < -0.4 is 4.90 Å². The Bertz CT molecular complexity index is 611. The van der Waals surface area contributed by atoms with Gasteiger partial charge < -0.3 is 4.90 Å². The SMILES string of the molecule is CCCN(c1ccc([N+](=O)[O-])cc1)c1ccc([N+](=O)[O-])cc1. The first kappa shape index (κ1) is 15.4. The topological polar surface area (TPSA) is 89.5 Å². The molecule has 0 saturated carbocycles. The third kappa shape index (κ3) is 3.38. The van der Waals surface area contributed by atoms with Crippen LogP contribution in [0.4, 0.5) is 22.7 Å². The molecule has 0 fully saturated rings. The molecule has 0 aliphatic rings. The third-order valence-corrected chi connectivity index (χ3v) is 3.19. The maximum atomic E-state index is 10.7. The van der Waals surface area contributed by atoms with Gasteiger partial charge in [-0.15, -0.1) is 0 Å². The van der Waals surface area contributed by atoms with Crippen LogP contribution in [0.3, 0.4) is 0 Å². The van der Waals surface area contributed by atoms with Crippen molar-refractivity contribution in [3.63, 3.8) is 0 Å². The standard InChI is InChI=1S/C15H15N3O4/c1-2-11-16(12-3-7-14(8-4-12)17(19)20)13-5-9-15(10-6-13)18(21)22/h3-10H,2,11H2,1H3. The predicted octanol–water partition coefficient (Wildman–Crippen LogP) is 4.05. The van der Waals surface area contributed by atoms with Crippen LogP contribution in [-0.4, -0.2) is 16.4 Å². The highest BCUT2D eigenvalue weighted by Gasteiger charge is 2.12. The lowest BCUT2D eigenvalue weighted by molar-refractivity contribution is -0.385. The van der Waals surface area contributed by atoms with Crippen molar-refractivity contribution in [1.29, 1.82) is 0 Å². The van der Waals surface area contributed by atoms with Gasteiger partial charge in [-0.25, -0.2) is 0 Å². The summed E-state index contributed by atoms with van der Waals surface area (Å²) in [6, 6.07) is 12.5. The summed E-state index contributed by atoms with van der Waals surface area (Å²) >= 11 is 0. The number of non-ortho nitro benzene ring substituents is 2. The molecule has 2 rings (SSSR count). The van der Waals surface area contributed by atoms with E-state index in [2.05, 4.69) is 0 Å². The summed E-state index contributed by atoms with van der Waals surface area (Å²) in [5.74, 6) is 0. The quantitative estimate of drug-likeness (QED) is 0.593. The fourth-order valence-electron chi connectivity index (χ4n) is 2.14. The molecule has 0 bridgehead atoms. The molecule has 7 nitrogen and oxygen atoms in total. The van der Waals surface area contributed by atoms with Gasteiger partial charge in [-0.05, 0) is 30.7 Å². The number of anilines is 2.